The first-order valence-electron chi connectivity index (χ1n) is 5.63. The molecule has 0 spiro atoms. The van der Waals surface area contributed by atoms with E-state index in [1.54, 1.807) is 6.07 Å². The average molecular weight is 240 g/mol. The van der Waals surface area contributed by atoms with Gasteiger partial charge in [-0.3, -0.25) is 0 Å². The van der Waals surface area contributed by atoms with Gasteiger partial charge in [0.15, 0.2) is 0 Å². The van der Waals surface area contributed by atoms with Crippen LogP contribution < -0.4 is 10.6 Å². The van der Waals surface area contributed by atoms with E-state index in [9.17, 15) is 4.39 Å². The summed E-state index contributed by atoms with van der Waals surface area (Å²) in [5.41, 5.74) is 7.29. The third-order valence-corrected chi connectivity index (χ3v) is 3.88. The van der Waals surface area contributed by atoms with Crippen molar-refractivity contribution in [3.8, 4) is 0 Å². The summed E-state index contributed by atoms with van der Waals surface area (Å²) >= 11 is 1.94. The molecule has 0 unspecified atom stereocenters. The Kier molecular flexibility index (Phi) is 4.07. The van der Waals surface area contributed by atoms with Gasteiger partial charge in [0.05, 0.1) is 5.69 Å². The Balaban J connectivity index is 2.29. The van der Waals surface area contributed by atoms with Crippen LogP contribution in [0.4, 0.5) is 10.1 Å². The molecule has 0 bridgehead atoms. The number of hydrogen-bond donors (Lipinski definition) is 1. The van der Waals surface area contributed by atoms with Gasteiger partial charge in [0.2, 0.25) is 0 Å². The van der Waals surface area contributed by atoms with Gasteiger partial charge in [-0.05, 0) is 23.8 Å². The number of nitrogens with two attached hydrogens (primary N) is 1. The Labute approximate surface area is 100 Å². The Morgan fingerprint density at radius 1 is 1.31 bits per heavy atom. The van der Waals surface area contributed by atoms with E-state index in [0.717, 1.165) is 30.8 Å². The van der Waals surface area contributed by atoms with E-state index in [4.69, 9.17) is 5.73 Å². The molecule has 1 heterocycles. The Morgan fingerprint density at radius 2 is 2.19 bits per heavy atom. The van der Waals surface area contributed by atoms with E-state index < -0.39 is 0 Å². The highest BCUT2D eigenvalue weighted by molar-refractivity contribution is 7.99. The first kappa shape index (κ1) is 11.7. The number of rotatable bonds is 2. The van der Waals surface area contributed by atoms with Crippen molar-refractivity contribution in [1.29, 1.82) is 0 Å². The van der Waals surface area contributed by atoms with Crippen LogP contribution in [0, 0.1) is 5.82 Å². The zero-order valence-electron chi connectivity index (χ0n) is 9.29. The summed E-state index contributed by atoms with van der Waals surface area (Å²) in [5.74, 6) is 2.09. The molecule has 4 heteroatoms. The van der Waals surface area contributed by atoms with E-state index in [1.807, 2.05) is 17.8 Å². The molecule has 16 heavy (non-hydrogen) atoms. The second-order valence-corrected chi connectivity index (χ2v) is 5.13. The summed E-state index contributed by atoms with van der Waals surface area (Å²) in [6.07, 6.45) is 1.11. The summed E-state index contributed by atoms with van der Waals surface area (Å²) in [6.45, 7) is 2.25. The van der Waals surface area contributed by atoms with E-state index in [1.165, 1.54) is 11.8 Å². The molecule has 1 fully saturated rings. The lowest BCUT2D eigenvalue weighted by Gasteiger charge is -2.25. The van der Waals surface area contributed by atoms with Gasteiger partial charge < -0.3 is 10.6 Å². The molecule has 2 nitrogen and oxygen atoms in total. The maximum Gasteiger partial charge on any atom is 0.146 e. The molecule has 1 saturated heterocycles. The molecule has 0 aromatic heterocycles. The fourth-order valence-electron chi connectivity index (χ4n) is 2.05. The van der Waals surface area contributed by atoms with Gasteiger partial charge in [0.25, 0.3) is 0 Å². The zero-order chi connectivity index (χ0) is 11.4. The van der Waals surface area contributed by atoms with E-state index >= 15 is 0 Å². The quantitative estimate of drug-likeness (QED) is 0.859. The van der Waals surface area contributed by atoms with Crippen LogP contribution in [0.3, 0.4) is 0 Å². The van der Waals surface area contributed by atoms with Crippen molar-refractivity contribution in [3.05, 3.63) is 29.6 Å². The highest BCUT2D eigenvalue weighted by Gasteiger charge is 2.16. The minimum absolute atomic E-state index is 0.144. The predicted octanol–water partition coefficient (Wildman–Crippen LogP) is 2.23. The molecule has 1 aliphatic rings. The second kappa shape index (κ2) is 5.55. The summed E-state index contributed by atoms with van der Waals surface area (Å²) in [4.78, 5) is 2.14. The van der Waals surface area contributed by atoms with Crippen LogP contribution in [-0.2, 0) is 6.54 Å². The largest absolute Gasteiger partial charge is 0.368 e. The minimum Gasteiger partial charge on any atom is -0.368 e. The van der Waals surface area contributed by atoms with Gasteiger partial charge in [0.1, 0.15) is 5.82 Å². The lowest BCUT2D eigenvalue weighted by Crippen LogP contribution is -2.28. The summed E-state index contributed by atoms with van der Waals surface area (Å²) in [7, 11) is 0. The molecule has 2 rings (SSSR count). The summed E-state index contributed by atoms with van der Waals surface area (Å²) in [6, 6.07) is 5.16. The van der Waals surface area contributed by atoms with Crippen LogP contribution in [0.1, 0.15) is 12.0 Å². The Morgan fingerprint density at radius 3 is 3.00 bits per heavy atom. The Hall–Kier alpha value is -0.740. The van der Waals surface area contributed by atoms with Crippen LogP contribution in [-0.4, -0.2) is 24.6 Å². The number of benzene rings is 1. The summed E-state index contributed by atoms with van der Waals surface area (Å²) in [5, 5.41) is 0. The first-order chi connectivity index (χ1) is 7.83. The average Bonchev–Trinajstić information content (AvgIpc) is 2.57. The normalized spacial score (nSPS) is 17.2. The van der Waals surface area contributed by atoms with Gasteiger partial charge >= 0.3 is 0 Å². The molecular weight excluding hydrogens is 223 g/mol. The molecular formula is C12H17FN2S. The number of halogens is 1. The molecule has 0 atom stereocenters. The monoisotopic (exact) mass is 240 g/mol. The fourth-order valence-corrected chi connectivity index (χ4v) is 2.94. The van der Waals surface area contributed by atoms with Crippen molar-refractivity contribution in [1.82, 2.24) is 0 Å². The van der Waals surface area contributed by atoms with Crippen LogP contribution >= 0.6 is 11.8 Å². The van der Waals surface area contributed by atoms with E-state index in [0.29, 0.717) is 12.2 Å². The predicted molar refractivity (Wildman–Crippen MR) is 68.4 cm³/mol. The topological polar surface area (TPSA) is 29.3 Å². The van der Waals surface area contributed by atoms with Crippen LogP contribution in [0.5, 0.6) is 0 Å². The SMILES string of the molecule is NCc1cccc(F)c1N1CCCSCC1. The third kappa shape index (κ3) is 2.50. The highest BCUT2D eigenvalue weighted by atomic mass is 32.2. The maximum atomic E-state index is 13.9. The van der Waals surface area contributed by atoms with Crippen LogP contribution in [0.15, 0.2) is 18.2 Å². The van der Waals surface area contributed by atoms with Crippen LogP contribution in [0.25, 0.3) is 0 Å². The van der Waals surface area contributed by atoms with E-state index in [2.05, 4.69) is 4.90 Å². The van der Waals surface area contributed by atoms with Gasteiger partial charge in [-0.25, -0.2) is 4.39 Å². The van der Waals surface area contributed by atoms with Crippen molar-refractivity contribution in [2.75, 3.05) is 29.5 Å². The molecule has 1 aromatic carbocycles. The molecule has 0 saturated carbocycles. The van der Waals surface area contributed by atoms with Crippen molar-refractivity contribution in [2.45, 2.75) is 13.0 Å². The lowest BCUT2D eigenvalue weighted by molar-refractivity contribution is 0.615. The standard InChI is InChI=1S/C12H17FN2S/c13-11-4-1-3-10(9-14)12(11)15-5-2-7-16-8-6-15/h1,3-4H,2,5-9,14H2. The van der Waals surface area contributed by atoms with E-state index in [-0.39, 0.29) is 5.82 Å². The van der Waals surface area contributed by atoms with Crippen molar-refractivity contribution < 1.29 is 4.39 Å². The Bertz CT molecular complexity index is 349. The molecule has 2 N–H and O–H groups in total. The molecule has 0 aliphatic carbocycles. The fraction of sp³-hybridized carbons (Fsp3) is 0.500. The number of hydrogen-bond acceptors (Lipinski definition) is 3. The molecule has 0 radical (unpaired) electrons. The lowest BCUT2D eigenvalue weighted by atomic mass is 10.1. The smallest absolute Gasteiger partial charge is 0.146 e. The number of anilines is 1. The van der Waals surface area contributed by atoms with Gasteiger partial charge in [-0.1, -0.05) is 12.1 Å². The number of para-hydroxylation sites is 1. The molecule has 1 aromatic rings. The van der Waals surface area contributed by atoms with Crippen molar-refractivity contribution in [2.24, 2.45) is 5.73 Å². The molecule has 0 amide bonds. The highest BCUT2D eigenvalue weighted by Crippen LogP contribution is 2.26. The first-order valence-corrected chi connectivity index (χ1v) is 6.78. The third-order valence-electron chi connectivity index (χ3n) is 2.83. The maximum absolute atomic E-state index is 13.9. The molecule has 88 valence electrons. The van der Waals surface area contributed by atoms with Crippen LogP contribution in [0.2, 0.25) is 0 Å². The minimum atomic E-state index is -0.144. The number of thioether (sulfide) groups is 1. The van der Waals surface area contributed by atoms with Gasteiger partial charge in [-0.15, -0.1) is 0 Å². The second-order valence-electron chi connectivity index (χ2n) is 3.90. The number of nitrogens with zero attached hydrogens (tertiary/aromatic N) is 1. The van der Waals surface area contributed by atoms with Crippen molar-refractivity contribution >= 4 is 17.4 Å². The van der Waals surface area contributed by atoms with Gasteiger partial charge in [0, 0.05) is 25.4 Å². The van der Waals surface area contributed by atoms with Crippen molar-refractivity contribution in [3.63, 3.8) is 0 Å². The molecule has 1 aliphatic heterocycles. The van der Waals surface area contributed by atoms with Gasteiger partial charge in [-0.2, -0.15) is 11.8 Å². The summed E-state index contributed by atoms with van der Waals surface area (Å²) < 4.78 is 13.9. The zero-order valence-corrected chi connectivity index (χ0v) is 10.1.